The maximum absolute atomic E-state index is 12.2. The van der Waals surface area contributed by atoms with E-state index in [2.05, 4.69) is 4.74 Å². The molecule has 1 aromatic rings. The molecule has 0 heterocycles. The van der Waals surface area contributed by atoms with E-state index in [9.17, 15) is 13.9 Å². The molecule has 0 saturated carbocycles. The monoisotopic (exact) mass is 247 g/mol. The number of hydrogen-bond acceptors (Lipinski definition) is 4. The van der Waals surface area contributed by atoms with Crippen LogP contribution in [0, 0.1) is 0 Å². The summed E-state index contributed by atoms with van der Waals surface area (Å²) >= 11 is 0. The lowest BCUT2D eigenvalue weighted by atomic mass is 10.0. The van der Waals surface area contributed by atoms with Crippen LogP contribution >= 0.6 is 0 Å². The molecule has 0 saturated heterocycles. The average molecular weight is 247 g/mol. The minimum Gasteiger partial charge on any atom is -0.493 e. The Morgan fingerprint density at radius 3 is 2.41 bits per heavy atom. The topological polar surface area (TPSA) is 64.7 Å². The molecule has 0 aromatic heterocycles. The molecule has 1 rings (SSSR count). The van der Waals surface area contributed by atoms with Gasteiger partial charge in [0.2, 0.25) is 0 Å². The molecule has 17 heavy (non-hydrogen) atoms. The Hall–Kier alpha value is -1.40. The summed E-state index contributed by atoms with van der Waals surface area (Å²) in [4.78, 5) is 0. The van der Waals surface area contributed by atoms with Crippen LogP contribution in [0.5, 0.6) is 11.5 Å². The first kappa shape index (κ1) is 13.7. The van der Waals surface area contributed by atoms with Crippen LogP contribution in [0.1, 0.15) is 18.6 Å². The third-order valence-corrected chi connectivity index (χ3v) is 2.24. The Morgan fingerprint density at radius 2 is 1.94 bits per heavy atom. The number of halogens is 2. The number of hydrogen-bond donors (Lipinski definition) is 2. The molecule has 0 spiro atoms. The van der Waals surface area contributed by atoms with Gasteiger partial charge in [0, 0.05) is 6.04 Å². The standard InChI is InChI=1S/C11H15F2NO3/c1-6(14)10(15)7-3-4-8(16-2)9(5-7)17-11(12)13/h3-6,10-11,15H,14H2,1-2H3. The van der Waals surface area contributed by atoms with E-state index >= 15 is 0 Å². The molecule has 0 aliphatic heterocycles. The van der Waals surface area contributed by atoms with Gasteiger partial charge in [0.25, 0.3) is 0 Å². The van der Waals surface area contributed by atoms with E-state index in [0.717, 1.165) is 0 Å². The first-order chi connectivity index (χ1) is 7.95. The summed E-state index contributed by atoms with van der Waals surface area (Å²) in [6.45, 7) is -1.34. The quantitative estimate of drug-likeness (QED) is 0.830. The van der Waals surface area contributed by atoms with Crippen LogP contribution in [0.2, 0.25) is 0 Å². The smallest absolute Gasteiger partial charge is 0.387 e. The van der Waals surface area contributed by atoms with Crippen LogP contribution in [0.4, 0.5) is 8.78 Å². The molecule has 4 nitrogen and oxygen atoms in total. The van der Waals surface area contributed by atoms with E-state index in [1.165, 1.54) is 19.2 Å². The fourth-order valence-electron chi connectivity index (χ4n) is 1.37. The third-order valence-electron chi connectivity index (χ3n) is 2.24. The van der Waals surface area contributed by atoms with Gasteiger partial charge in [0.05, 0.1) is 13.2 Å². The first-order valence-electron chi connectivity index (χ1n) is 5.02. The summed E-state index contributed by atoms with van der Waals surface area (Å²) in [5.74, 6) is 0.0469. The molecule has 0 amide bonds. The number of benzene rings is 1. The number of nitrogens with two attached hydrogens (primary N) is 1. The maximum atomic E-state index is 12.2. The molecule has 0 fully saturated rings. The lowest BCUT2D eigenvalue weighted by molar-refractivity contribution is -0.0513. The van der Waals surface area contributed by atoms with Gasteiger partial charge in [0.15, 0.2) is 11.5 Å². The molecule has 96 valence electrons. The van der Waals surface area contributed by atoms with Gasteiger partial charge in [-0.25, -0.2) is 0 Å². The molecule has 0 bridgehead atoms. The second kappa shape index (κ2) is 5.79. The van der Waals surface area contributed by atoms with Crippen molar-refractivity contribution in [2.24, 2.45) is 5.73 Å². The normalized spacial score (nSPS) is 14.5. The van der Waals surface area contributed by atoms with Gasteiger partial charge in [-0.3, -0.25) is 0 Å². The molecule has 3 N–H and O–H groups in total. The molecule has 0 aliphatic rings. The Balaban J connectivity index is 3.03. The van der Waals surface area contributed by atoms with Gasteiger partial charge in [-0.15, -0.1) is 0 Å². The molecular formula is C11H15F2NO3. The van der Waals surface area contributed by atoms with Crippen molar-refractivity contribution >= 4 is 0 Å². The third kappa shape index (κ3) is 3.54. The fraction of sp³-hybridized carbons (Fsp3) is 0.455. The second-order valence-electron chi connectivity index (χ2n) is 3.59. The predicted octanol–water partition coefficient (Wildman–Crippen LogP) is 1.68. The molecule has 6 heteroatoms. The maximum Gasteiger partial charge on any atom is 0.387 e. The van der Waals surface area contributed by atoms with Crippen molar-refractivity contribution in [1.82, 2.24) is 0 Å². The number of aliphatic hydroxyl groups is 1. The minimum absolute atomic E-state index is 0.125. The van der Waals surface area contributed by atoms with Crippen LogP contribution in [0.3, 0.4) is 0 Å². The zero-order valence-electron chi connectivity index (χ0n) is 9.56. The summed E-state index contributed by atoms with van der Waals surface area (Å²) in [7, 11) is 1.34. The Bertz CT molecular complexity index is 372. The van der Waals surface area contributed by atoms with Crippen molar-refractivity contribution in [1.29, 1.82) is 0 Å². The largest absolute Gasteiger partial charge is 0.493 e. The van der Waals surface area contributed by atoms with Crippen LogP contribution in [0.15, 0.2) is 18.2 Å². The predicted molar refractivity (Wildman–Crippen MR) is 58.2 cm³/mol. The SMILES string of the molecule is COc1ccc(C(O)C(C)N)cc1OC(F)F. The van der Waals surface area contributed by atoms with Crippen molar-refractivity contribution in [2.75, 3.05) is 7.11 Å². The van der Waals surface area contributed by atoms with Crippen molar-refractivity contribution in [2.45, 2.75) is 25.7 Å². The van der Waals surface area contributed by atoms with Crippen LogP contribution < -0.4 is 15.2 Å². The number of methoxy groups -OCH3 is 1. The van der Waals surface area contributed by atoms with E-state index < -0.39 is 18.8 Å². The van der Waals surface area contributed by atoms with Gasteiger partial charge >= 0.3 is 6.61 Å². The Morgan fingerprint density at radius 1 is 1.29 bits per heavy atom. The second-order valence-corrected chi connectivity index (χ2v) is 3.59. The van der Waals surface area contributed by atoms with Crippen molar-refractivity contribution in [3.8, 4) is 11.5 Å². The van der Waals surface area contributed by atoms with Gasteiger partial charge in [-0.2, -0.15) is 8.78 Å². The van der Waals surface area contributed by atoms with E-state index in [0.29, 0.717) is 5.56 Å². The highest BCUT2D eigenvalue weighted by atomic mass is 19.3. The van der Waals surface area contributed by atoms with Gasteiger partial charge < -0.3 is 20.3 Å². The highest BCUT2D eigenvalue weighted by Gasteiger charge is 2.17. The lowest BCUT2D eigenvalue weighted by Crippen LogP contribution is -2.24. The van der Waals surface area contributed by atoms with Crippen molar-refractivity contribution < 1.29 is 23.4 Å². The molecule has 1 aromatic carbocycles. The lowest BCUT2D eigenvalue weighted by Gasteiger charge is -2.17. The number of alkyl halides is 2. The summed E-state index contributed by atoms with van der Waals surface area (Å²) in [6, 6.07) is 3.77. The van der Waals surface area contributed by atoms with Crippen molar-refractivity contribution in [3.05, 3.63) is 23.8 Å². The fourth-order valence-corrected chi connectivity index (χ4v) is 1.37. The number of rotatable bonds is 5. The van der Waals surface area contributed by atoms with Gasteiger partial charge in [-0.1, -0.05) is 6.07 Å². The zero-order valence-corrected chi connectivity index (χ0v) is 9.56. The highest BCUT2D eigenvalue weighted by molar-refractivity contribution is 5.43. The van der Waals surface area contributed by atoms with Gasteiger partial charge in [-0.05, 0) is 24.6 Å². The summed E-state index contributed by atoms with van der Waals surface area (Å²) in [5.41, 5.74) is 5.92. The van der Waals surface area contributed by atoms with Gasteiger partial charge in [0.1, 0.15) is 0 Å². The van der Waals surface area contributed by atoms with E-state index in [-0.39, 0.29) is 11.5 Å². The van der Waals surface area contributed by atoms with Crippen LogP contribution in [0.25, 0.3) is 0 Å². The van der Waals surface area contributed by atoms with Crippen molar-refractivity contribution in [3.63, 3.8) is 0 Å². The van der Waals surface area contributed by atoms with E-state index in [4.69, 9.17) is 10.5 Å². The first-order valence-corrected chi connectivity index (χ1v) is 5.02. The van der Waals surface area contributed by atoms with Crippen LogP contribution in [-0.2, 0) is 0 Å². The Labute approximate surface area is 97.9 Å². The minimum atomic E-state index is -2.95. The summed E-state index contributed by atoms with van der Waals surface area (Å²) in [6.07, 6.45) is -0.944. The molecule has 0 aliphatic carbocycles. The molecule has 0 radical (unpaired) electrons. The Kier molecular flexibility index (Phi) is 4.65. The molecule has 2 atom stereocenters. The summed E-state index contributed by atoms with van der Waals surface area (Å²) < 4.78 is 33.5. The number of ether oxygens (including phenoxy) is 2. The van der Waals surface area contributed by atoms with E-state index in [1.807, 2.05) is 0 Å². The number of aliphatic hydroxyl groups excluding tert-OH is 1. The molecule has 2 unspecified atom stereocenters. The molecular weight excluding hydrogens is 232 g/mol. The summed E-state index contributed by atoms with van der Waals surface area (Å²) in [5, 5.41) is 9.71. The van der Waals surface area contributed by atoms with Crippen LogP contribution in [-0.4, -0.2) is 24.9 Å². The highest BCUT2D eigenvalue weighted by Crippen LogP contribution is 2.32. The zero-order chi connectivity index (χ0) is 13.0. The van der Waals surface area contributed by atoms with E-state index in [1.54, 1.807) is 13.0 Å². The average Bonchev–Trinajstić information content (AvgIpc) is 2.27.